The van der Waals surface area contributed by atoms with Gasteiger partial charge in [-0.2, -0.15) is 0 Å². The number of aromatic nitrogens is 1. The molecule has 8 aromatic rings. The van der Waals surface area contributed by atoms with E-state index in [2.05, 4.69) is 54.6 Å². The minimum atomic E-state index is -0.445. The van der Waals surface area contributed by atoms with Gasteiger partial charge in [0.1, 0.15) is 23.0 Å². The van der Waals surface area contributed by atoms with Crippen LogP contribution in [0.5, 0.6) is 23.0 Å². The normalized spacial score (nSPS) is 11.0. The topological polar surface area (TPSA) is 118 Å². The molecule has 0 saturated carbocycles. The highest BCUT2D eigenvalue weighted by Gasteiger charge is 2.15. The van der Waals surface area contributed by atoms with Gasteiger partial charge in [0.15, 0.2) is 0 Å². The van der Waals surface area contributed by atoms with Crippen LogP contribution in [0, 0.1) is 20.2 Å². The van der Waals surface area contributed by atoms with E-state index in [1.807, 2.05) is 60.7 Å². The molecule has 52 heavy (non-hydrogen) atoms. The summed E-state index contributed by atoms with van der Waals surface area (Å²) >= 11 is 0. The third-order valence-corrected chi connectivity index (χ3v) is 8.75. The second-order valence-corrected chi connectivity index (χ2v) is 12.1. The highest BCUT2D eigenvalue weighted by Crippen LogP contribution is 2.40. The molecule has 0 radical (unpaired) electrons. The molecule has 1 aromatic heterocycles. The molecule has 0 aliphatic heterocycles. The van der Waals surface area contributed by atoms with Gasteiger partial charge in [-0.3, -0.25) is 20.2 Å². The zero-order valence-corrected chi connectivity index (χ0v) is 27.4. The number of pyridine rings is 1. The Kier molecular flexibility index (Phi) is 8.26. The van der Waals surface area contributed by atoms with Crippen molar-refractivity contribution < 1.29 is 19.3 Å². The number of nitro benzene ring substituents is 2. The Hall–Kier alpha value is -7.39. The Morgan fingerprint density at radius 1 is 0.423 bits per heavy atom. The Balaban J connectivity index is 1.19. The van der Waals surface area contributed by atoms with E-state index in [0.29, 0.717) is 23.0 Å². The fraction of sp³-hybridized carbons (Fsp3) is 0. The molecule has 9 heteroatoms. The Bertz CT molecular complexity index is 2430. The summed E-state index contributed by atoms with van der Waals surface area (Å²) in [6.07, 6.45) is 0. The van der Waals surface area contributed by atoms with Crippen molar-refractivity contribution in [1.82, 2.24) is 4.98 Å². The fourth-order valence-electron chi connectivity index (χ4n) is 6.23. The van der Waals surface area contributed by atoms with Crippen LogP contribution in [0.2, 0.25) is 0 Å². The van der Waals surface area contributed by atoms with Gasteiger partial charge < -0.3 is 9.47 Å². The highest BCUT2D eigenvalue weighted by atomic mass is 16.6. The Morgan fingerprint density at radius 3 is 1.17 bits per heavy atom. The van der Waals surface area contributed by atoms with E-state index in [1.54, 1.807) is 24.3 Å². The van der Waals surface area contributed by atoms with Crippen molar-refractivity contribution in [2.75, 3.05) is 0 Å². The first-order chi connectivity index (χ1) is 25.4. The van der Waals surface area contributed by atoms with Crippen molar-refractivity contribution >= 4 is 32.9 Å². The van der Waals surface area contributed by atoms with Gasteiger partial charge in [0.05, 0.1) is 21.2 Å². The average Bonchev–Trinajstić information content (AvgIpc) is 3.18. The van der Waals surface area contributed by atoms with E-state index in [0.717, 1.165) is 55.2 Å². The average molecular weight is 682 g/mol. The molecule has 0 N–H and O–H groups in total. The molecule has 7 aromatic carbocycles. The van der Waals surface area contributed by atoms with Gasteiger partial charge in [-0.25, -0.2) is 4.98 Å². The lowest BCUT2D eigenvalue weighted by Gasteiger charge is -2.15. The van der Waals surface area contributed by atoms with E-state index in [9.17, 15) is 20.2 Å². The van der Waals surface area contributed by atoms with Gasteiger partial charge in [-0.1, -0.05) is 48.5 Å². The summed E-state index contributed by atoms with van der Waals surface area (Å²) in [6.45, 7) is 0. The lowest BCUT2D eigenvalue weighted by molar-refractivity contribution is -0.385. The third-order valence-electron chi connectivity index (χ3n) is 8.75. The summed E-state index contributed by atoms with van der Waals surface area (Å²) < 4.78 is 11.9. The summed E-state index contributed by atoms with van der Waals surface area (Å²) in [5.74, 6) is 2.14. The first-order valence-corrected chi connectivity index (χ1v) is 16.4. The van der Waals surface area contributed by atoms with Crippen LogP contribution in [-0.2, 0) is 0 Å². The summed E-state index contributed by atoms with van der Waals surface area (Å²) in [6, 6.07) is 50.3. The number of nitro groups is 2. The minimum Gasteiger partial charge on any atom is -0.457 e. The number of benzene rings is 7. The first kappa shape index (κ1) is 31.9. The highest BCUT2D eigenvalue weighted by molar-refractivity contribution is 6.13. The molecule has 250 valence electrons. The van der Waals surface area contributed by atoms with Crippen LogP contribution in [0.3, 0.4) is 0 Å². The third kappa shape index (κ3) is 6.49. The van der Waals surface area contributed by atoms with Crippen molar-refractivity contribution in [2.45, 2.75) is 0 Å². The number of non-ortho nitro benzene ring substituents is 2. The van der Waals surface area contributed by atoms with Crippen molar-refractivity contribution in [3.8, 4) is 56.6 Å². The summed E-state index contributed by atoms with van der Waals surface area (Å²) in [5.41, 5.74) is 5.38. The zero-order valence-electron chi connectivity index (χ0n) is 27.4. The Labute approximate surface area is 297 Å². The maximum absolute atomic E-state index is 11.0. The number of hydrogen-bond donors (Lipinski definition) is 0. The molecule has 0 atom stereocenters. The smallest absolute Gasteiger partial charge is 0.269 e. The molecule has 8 rings (SSSR count). The van der Waals surface area contributed by atoms with Gasteiger partial charge in [-0.05, 0) is 124 Å². The van der Waals surface area contributed by atoms with E-state index in [-0.39, 0.29) is 11.4 Å². The molecule has 0 amide bonds. The van der Waals surface area contributed by atoms with Crippen molar-refractivity contribution in [2.24, 2.45) is 0 Å². The summed E-state index contributed by atoms with van der Waals surface area (Å²) in [4.78, 5) is 26.3. The first-order valence-electron chi connectivity index (χ1n) is 16.4. The van der Waals surface area contributed by atoms with E-state index >= 15 is 0 Å². The number of ether oxygens (including phenoxy) is 2. The van der Waals surface area contributed by atoms with Crippen molar-refractivity contribution in [3.05, 3.63) is 184 Å². The maximum Gasteiger partial charge on any atom is 0.269 e. The SMILES string of the molecule is O=[N+]([O-])c1ccc(Oc2ccc(-c3cc(-c4c5ccccc5cc5ccccc45)cc(-c4ccc(Oc5ccc([N+](=O)[O-])cc5)cc4)n3)cc2)cc1. The van der Waals surface area contributed by atoms with Crippen molar-refractivity contribution in [3.63, 3.8) is 0 Å². The lowest BCUT2D eigenvalue weighted by atomic mass is 9.91. The van der Waals surface area contributed by atoms with Crippen LogP contribution < -0.4 is 9.47 Å². The quantitative estimate of drug-likeness (QED) is 0.0845. The van der Waals surface area contributed by atoms with Crippen LogP contribution in [0.4, 0.5) is 11.4 Å². The number of fused-ring (bicyclic) bond motifs is 2. The van der Waals surface area contributed by atoms with E-state index in [4.69, 9.17) is 14.5 Å². The van der Waals surface area contributed by atoms with Crippen LogP contribution in [0.25, 0.3) is 55.2 Å². The molecule has 0 unspecified atom stereocenters. The molecule has 0 fully saturated rings. The standard InChI is InChI=1S/C43H27N3O6/c47-45(48)33-13-21-37(22-14-33)51-35-17-9-28(10-18-35)41-26-32(43-39-7-3-1-5-30(39)25-31-6-2-4-8-40(31)43)27-42(44-41)29-11-19-36(20-12-29)52-38-23-15-34(16-24-38)46(49)50/h1-27H. The molecule has 9 nitrogen and oxygen atoms in total. The van der Waals surface area contributed by atoms with Gasteiger partial charge in [0.2, 0.25) is 0 Å². The number of hydrogen-bond acceptors (Lipinski definition) is 7. The second-order valence-electron chi connectivity index (χ2n) is 12.1. The van der Waals surface area contributed by atoms with E-state index in [1.165, 1.54) is 24.3 Å². The van der Waals surface area contributed by atoms with Crippen LogP contribution in [0.1, 0.15) is 0 Å². The van der Waals surface area contributed by atoms with Crippen LogP contribution >= 0.6 is 0 Å². The minimum absolute atomic E-state index is 0.00455. The monoisotopic (exact) mass is 681 g/mol. The lowest BCUT2D eigenvalue weighted by Crippen LogP contribution is -1.93. The van der Waals surface area contributed by atoms with Crippen molar-refractivity contribution in [1.29, 1.82) is 0 Å². The van der Waals surface area contributed by atoms with Gasteiger partial charge >= 0.3 is 0 Å². The number of rotatable bonds is 9. The van der Waals surface area contributed by atoms with E-state index < -0.39 is 9.85 Å². The molecule has 1 heterocycles. The molecular formula is C43H27N3O6. The molecule has 0 spiro atoms. The zero-order chi connectivity index (χ0) is 35.6. The molecule has 0 aliphatic carbocycles. The van der Waals surface area contributed by atoms with Gasteiger partial charge in [0.25, 0.3) is 11.4 Å². The predicted octanol–water partition coefficient (Wildman–Crippen LogP) is 11.8. The van der Waals surface area contributed by atoms with Crippen LogP contribution in [0.15, 0.2) is 164 Å². The number of nitrogens with zero attached hydrogens (tertiary/aromatic N) is 3. The fourth-order valence-corrected chi connectivity index (χ4v) is 6.23. The molecule has 0 saturated heterocycles. The molecule has 0 bridgehead atoms. The maximum atomic E-state index is 11.0. The Morgan fingerprint density at radius 2 is 0.788 bits per heavy atom. The second kappa shape index (κ2) is 13.5. The largest absolute Gasteiger partial charge is 0.457 e. The summed E-state index contributed by atoms with van der Waals surface area (Å²) in [7, 11) is 0. The van der Waals surface area contributed by atoms with Crippen LogP contribution in [-0.4, -0.2) is 14.8 Å². The van der Waals surface area contributed by atoms with Gasteiger partial charge in [-0.15, -0.1) is 0 Å². The predicted molar refractivity (Wildman–Crippen MR) is 202 cm³/mol. The summed E-state index contributed by atoms with van der Waals surface area (Å²) in [5, 5.41) is 26.6. The van der Waals surface area contributed by atoms with Gasteiger partial charge in [0, 0.05) is 35.4 Å². The molecule has 0 aliphatic rings. The molecular weight excluding hydrogens is 654 g/mol.